The molecule has 0 saturated carbocycles. The van der Waals surface area contributed by atoms with Crippen molar-refractivity contribution in [3.05, 3.63) is 160 Å². The van der Waals surface area contributed by atoms with Crippen LogP contribution in [0.3, 0.4) is 0 Å². The van der Waals surface area contributed by atoms with Crippen LogP contribution < -0.4 is 26.4 Å². The molecule has 0 aliphatic carbocycles. The van der Waals surface area contributed by atoms with Crippen LogP contribution >= 0.6 is 0 Å². The Hall–Kier alpha value is -6.80. The van der Waals surface area contributed by atoms with E-state index in [0.717, 1.165) is 53.0 Å². The number of nitrogens with zero attached hydrogens (tertiary/aromatic N) is 2. The number of rotatable bonds is 18. The summed E-state index contributed by atoms with van der Waals surface area (Å²) in [6, 6.07) is 39.6. The molecule has 1 saturated heterocycles. The highest BCUT2D eigenvalue weighted by atomic mass is 16.6. The Morgan fingerprint density at radius 1 is 0.846 bits per heavy atom. The third-order valence-corrected chi connectivity index (χ3v) is 12.0. The Kier molecular flexibility index (Phi) is 15.8. The molecule has 6 N–H and O–H groups in total. The summed E-state index contributed by atoms with van der Waals surface area (Å²) in [5, 5.41) is 31.0. The number of ether oxygens (including phenoxy) is 1. The number of carbonyl (C=O) groups excluding carboxylic acids is 3. The number of carbonyl (C=O) groups is 3. The number of para-hydroxylation sites is 1. The summed E-state index contributed by atoms with van der Waals surface area (Å²) in [7, 11) is 1.77. The van der Waals surface area contributed by atoms with Gasteiger partial charge >= 0.3 is 6.09 Å². The van der Waals surface area contributed by atoms with Crippen LogP contribution in [0.2, 0.25) is 0 Å². The number of amides is 3. The van der Waals surface area contributed by atoms with Gasteiger partial charge in [-0.3, -0.25) is 19.7 Å². The monoisotopic (exact) mass is 878 g/mol. The second kappa shape index (κ2) is 22.2. The zero-order chi connectivity index (χ0) is 45.7. The van der Waals surface area contributed by atoms with Gasteiger partial charge in [-0.2, -0.15) is 0 Å². The summed E-state index contributed by atoms with van der Waals surface area (Å²) in [6.07, 6.45) is 1.95. The summed E-state index contributed by atoms with van der Waals surface area (Å²) in [5.41, 5.74) is 7.13. The predicted octanol–water partition coefficient (Wildman–Crippen LogP) is 7.12. The number of H-pyrrole nitrogens is 1. The third-order valence-electron chi connectivity index (χ3n) is 12.0. The lowest BCUT2D eigenvalue weighted by molar-refractivity contribution is -0.120. The number of anilines is 2. The molecule has 0 bridgehead atoms. The molecule has 65 heavy (non-hydrogen) atoms. The summed E-state index contributed by atoms with van der Waals surface area (Å²) in [5.74, 6) is -0.113. The van der Waals surface area contributed by atoms with Gasteiger partial charge in [-0.15, -0.1) is 0 Å². The van der Waals surface area contributed by atoms with Crippen LogP contribution in [0.5, 0.6) is 5.75 Å². The van der Waals surface area contributed by atoms with Crippen LogP contribution in [0, 0.1) is 0 Å². The van der Waals surface area contributed by atoms with E-state index >= 15 is 0 Å². The van der Waals surface area contributed by atoms with Crippen LogP contribution in [0.15, 0.2) is 132 Å². The average molecular weight is 879 g/mol. The fourth-order valence-corrected chi connectivity index (χ4v) is 8.24. The maximum atomic E-state index is 13.1. The maximum Gasteiger partial charge on any atom is 0.411 e. The van der Waals surface area contributed by atoms with E-state index in [2.05, 4.69) is 57.0 Å². The Morgan fingerprint density at radius 2 is 1.54 bits per heavy atom. The van der Waals surface area contributed by atoms with Gasteiger partial charge in [0.05, 0.1) is 23.7 Å². The van der Waals surface area contributed by atoms with Gasteiger partial charge in [0, 0.05) is 74.9 Å². The van der Waals surface area contributed by atoms with Crippen molar-refractivity contribution in [2.24, 2.45) is 0 Å². The predicted molar refractivity (Wildman–Crippen MR) is 255 cm³/mol. The highest BCUT2D eigenvalue weighted by molar-refractivity contribution is 5.93. The Morgan fingerprint density at radius 3 is 2.29 bits per heavy atom. The first kappa shape index (κ1) is 46.2. The number of aliphatic hydroxyl groups is 1. The van der Waals surface area contributed by atoms with Gasteiger partial charge in [0.1, 0.15) is 11.9 Å². The minimum atomic E-state index is -0.833. The minimum Gasteiger partial charge on any atom is -0.506 e. The molecule has 13 heteroatoms. The topological polar surface area (TPSA) is 176 Å². The molecule has 0 radical (unpaired) electrons. The number of aromatic nitrogens is 1. The first-order valence-corrected chi connectivity index (χ1v) is 22.3. The van der Waals surface area contributed by atoms with E-state index in [9.17, 15) is 29.4 Å². The van der Waals surface area contributed by atoms with Crippen LogP contribution in [-0.4, -0.2) is 89.9 Å². The summed E-state index contributed by atoms with van der Waals surface area (Å²) < 4.78 is 5.78. The van der Waals surface area contributed by atoms with Crippen LogP contribution in [0.25, 0.3) is 22.0 Å². The van der Waals surface area contributed by atoms with Crippen molar-refractivity contribution >= 4 is 40.2 Å². The quantitative estimate of drug-likeness (QED) is 0.0525. The molecule has 2 atom stereocenters. The molecule has 1 aliphatic heterocycles. The molecule has 7 rings (SSSR count). The number of aliphatic hydroxyl groups excluding tert-OH is 1. The third kappa shape index (κ3) is 12.9. The van der Waals surface area contributed by atoms with E-state index in [4.69, 9.17) is 4.74 Å². The normalized spacial score (nSPS) is 14.1. The molecule has 0 unspecified atom stereocenters. The molecule has 13 nitrogen and oxygen atoms in total. The van der Waals surface area contributed by atoms with Crippen molar-refractivity contribution in [1.29, 1.82) is 0 Å². The number of hydrogen-bond donors (Lipinski definition) is 6. The van der Waals surface area contributed by atoms with Crippen molar-refractivity contribution in [3.63, 3.8) is 0 Å². The van der Waals surface area contributed by atoms with E-state index in [0.29, 0.717) is 67.5 Å². The number of likely N-dealkylation sites (tertiary alicyclic amines) is 1. The van der Waals surface area contributed by atoms with E-state index < -0.39 is 12.2 Å². The number of pyridine rings is 1. The number of fused-ring (bicyclic) bond motifs is 1. The number of benzene rings is 5. The zero-order valence-corrected chi connectivity index (χ0v) is 37.0. The van der Waals surface area contributed by atoms with Gasteiger partial charge in [-0.25, -0.2) is 4.79 Å². The highest BCUT2D eigenvalue weighted by Crippen LogP contribution is 2.30. The minimum absolute atomic E-state index is 0.00128. The van der Waals surface area contributed by atoms with Gasteiger partial charge in [0.15, 0.2) is 0 Å². The second-order valence-corrected chi connectivity index (χ2v) is 16.8. The zero-order valence-electron chi connectivity index (χ0n) is 37.0. The number of piperidine rings is 1. The summed E-state index contributed by atoms with van der Waals surface area (Å²) in [4.78, 5) is 57.0. The van der Waals surface area contributed by atoms with E-state index in [-0.39, 0.29) is 41.7 Å². The van der Waals surface area contributed by atoms with Crippen LogP contribution in [0.4, 0.5) is 16.2 Å². The molecule has 1 aromatic heterocycles. The summed E-state index contributed by atoms with van der Waals surface area (Å²) >= 11 is 0. The SMILES string of the molecule is C[C@H](Cc1ccc(CCNC(=O)Cc2ccc(N(C)C(=O)CCN3CCC(OC(=O)Nc4ccccc4-c4ccccc4)CC3)cc2)cc1)NC[C@H](O)c1ccc(O)c2[nH]c(=O)ccc12. The van der Waals surface area contributed by atoms with Crippen LogP contribution in [0.1, 0.15) is 54.5 Å². The number of aromatic amines is 1. The van der Waals surface area contributed by atoms with Crippen molar-refractivity contribution in [1.82, 2.24) is 20.5 Å². The van der Waals surface area contributed by atoms with E-state index in [1.54, 1.807) is 24.1 Å². The van der Waals surface area contributed by atoms with Crippen LogP contribution in [-0.2, 0) is 33.6 Å². The number of nitrogens with one attached hydrogen (secondary N) is 4. The largest absolute Gasteiger partial charge is 0.506 e. The standard InChI is InChI=1S/C52H58N6O7/c1-35(54-34-47(60)43-20-22-46(59)51-44(43)21-23-48(61)56-51)32-37-14-12-36(13-15-37)24-28-53-49(62)33-38-16-18-40(19-17-38)57(2)50(63)27-31-58-29-25-41(26-30-58)65-52(64)55-45-11-7-6-10-42(45)39-8-4-3-5-9-39/h3-23,35,41,47,54,59-60H,24-34H2,1-2H3,(H,53,62)(H,55,64)(H,56,61)/t35-,47+/m1/s1. The molecule has 1 aliphatic rings. The summed E-state index contributed by atoms with van der Waals surface area (Å²) in [6.45, 7) is 4.95. The molecular formula is C52H58N6O7. The maximum absolute atomic E-state index is 13.1. The molecule has 2 heterocycles. The van der Waals surface area contributed by atoms with E-state index in [1.165, 1.54) is 12.1 Å². The van der Waals surface area contributed by atoms with Gasteiger partial charge < -0.3 is 40.4 Å². The van der Waals surface area contributed by atoms with Gasteiger partial charge in [-0.05, 0) is 90.8 Å². The van der Waals surface area contributed by atoms with Gasteiger partial charge in [0.2, 0.25) is 17.4 Å². The Balaban J connectivity index is 0.761. The highest BCUT2D eigenvalue weighted by Gasteiger charge is 2.24. The molecular weight excluding hydrogens is 821 g/mol. The molecule has 6 aromatic rings. The molecule has 338 valence electrons. The Labute approximate surface area is 379 Å². The second-order valence-electron chi connectivity index (χ2n) is 16.8. The first-order chi connectivity index (χ1) is 31.5. The number of aromatic hydroxyl groups is 1. The lowest BCUT2D eigenvalue weighted by Crippen LogP contribution is -2.40. The number of phenols is 1. The van der Waals surface area contributed by atoms with Crippen molar-refractivity contribution in [3.8, 4) is 16.9 Å². The van der Waals surface area contributed by atoms with Crippen molar-refractivity contribution < 1.29 is 29.3 Å². The molecule has 5 aromatic carbocycles. The molecule has 0 spiro atoms. The first-order valence-electron chi connectivity index (χ1n) is 22.3. The van der Waals surface area contributed by atoms with Gasteiger partial charge in [-0.1, -0.05) is 91.0 Å². The number of phenolic OH excluding ortho intramolecular Hbond substituents is 1. The van der Waals surface area contributed by atoms with Crippen molar-refractivity contribution in [2.75, 3.05) is 50.0 Å². The van der Waals surface area contributed by atoms with Crippen molar-refractivity contribution in [2.45, 2.75) is 63.7 Å². The molecule has 3 amide bonds. The lowest BCUT2D eigenvalue weighted by Gasteiger charge is -2.31. The number of hydrogen-bond acceptors (Lipinski definition) is 9. The van der Waals surface area contributed by atoms with Gasteiger partial charge in [0.25, 0.3) is 0 Å². The smallest absolute Gasteiger partial charge is 0.411 e. The molecule has 1 fully saturated rings. The Bertz CT molecular complexity index is 2590. The fourth-order valence-electron chi connectivity index (χ4n) is 8.24. The fraction of sp³-hybridized carbons (Fsp3) is 0.308. The van der Waals surface area contributed by atoms with E-state index in [1.807, 2.05) is 78.9 Å². The average Bonchev–Trinajstić information content (AvgIpc) is 3.31. The lowest BCUT2D eigenvalue weighted by atomic mass is 10.0.